The Hall–Kier alpha value is -2.74. The molecule has 148 valence electrons. The maximum atomic E-state index is 12.7. The maximum absolute atomic E-state index is 12.7. The molecule has 3 rings (SSSR count). The number of hydrogen-bond donors (Lipinski definition) is 1. The average molecular weight is 402 g/mol. The molecule has 1 heterocycles. The van der Waals surface area contributed by atoms with Crippen LogP contribution in [0.1, 0.15) is 62.4 Å². The van der Waals surface area contributed by atoms with Crippen molar-refractivity contribution in [3.05, 3.63) is 55.4 Å². The van der Waals surface area contributed by atoms with E-state index in [0.29, 0.717) is 21.7 Å². The van der Waals surface area contributed by atoms with Gasteiger partial charge in [-0.1, -0.05) is 12.8 Å². The highest BCUT2D eigenvalue weighted by molar-refractivity contribution is 7.17. The minimum absolute atomic E-state index is 0.0362. The molecule has 0 unspecified atom stereocenters. The Morgan fingerprint density at radius 3 is 2.54 bits per heavy atom. The fourth-order valence-corrected chi connectivity index (χ4v) is 4.77. The summed E-state index contributed by atoms with van der Waals surface area (Å²) in [6.45, 7) is 1.59. The van der Waals surface area contributed by atoms with E-state index in [-0.39, 0.29) is 5.69 Å². The van der Waals surface area contributed by atoms with Gasteiger partial charge in [0, 0.05) is 22.1 Å². The zero-order valence-electron chi connectivity index (χ0n) is 15.9. The third-order valence-corrected chi connectivity index (χ3v) is 6.15. The Kier molecular flexibility index (Phi) is 6.08. The van der Waals surface area contributed by atoms with Crippen molar-refractivity contribution in [2.75, 3.05) is 12.4 Å². The molecule has 0 saturated carbocycles. The number of rotatable bonds is 4. The Balaban J connectivity index is 1.94. The first-order chi connectivity index (χ1) is 13.4. The number of nitrogens with zero attached hydrogens (tertiary/aromatic N) is 1. The monoisotopic (exact) mass is 402 g/mol. The Labute approximate surface area is 166 Å². The number of hydrogen-bond acceptors (Lipinski definition) is 6. The number of nitrogens with one attached hydrogen (secondary N) is 1. The SMILES string of the molecule is COC(=O)c1c(NC(=O)c2ccc([N+](=O)[O-])c(C)c2)sc2c1CCCCCC2. The number of esters is 1. The van der Waals surface area contributed by atoms with Crippen LogP contribution in [-0.4, -0.2) is 23.9 Å². The van der Waals surface area contributed by atoms with Gasteiger partial charge in [0.05, 0.1) is 17.6 Å². The number of amides is 1. The van der Waals surface area contributed by atoms with E-state index in [1.165, 1.54) is 36.6 Å². The molecule has 8 heteroatoms. The molecule has 0 radical (unpaired) electrons. The molecule has 0 atom stereocenters. The number of carbonyl (C=O) groups excluding carboxylic acids is 2. The number of fused-ring (bicyclic) bond motifs is 1. The molecule has 1 aromatic heterocycles. The van der Waals surface area contributed by atoms with Gasteiger partial charge in [0.15, 0.2) is 0 Å². The van der Waals surface area contributed by atoms with Crippen LogP contribution in [0, 0.1) is 17.0 Å². The molecule has 0 saturated heterocycles. The number of methoxy groups -OCH3 is 1. The number of anilines is 1. The van der Waals surface area contributed by atoms with Crippen LogP contribution in [0.4, 0.5) is 10.7 Å². The van der Waals surface area contributed by atoms with Crippen molar-refractivity contribution in [1.29, 1.82) is 0 Å². The number of thiophene rings is 1. The van der Waals surface area contributed by atoms with Crippen molar-refractivity contribution in [2.24, 2.45) is 0 Å². The quantitative estimate of drug-likeness (QED) is 0.455. The van der Waals surface area contributed by atoms with E-state index >= 15 is 0 Å². The van der Waals surface area contributed by atoms with Crippen LogP contribution in [-0.2, 0) is 17.6 Å². The molecule has 1 N–H and O–H groups in total. The highest BCUT2D eigenvalue weighted by atomic mass is 32.1. The van der Waals surface area contributed by atoms with Crippen LogP contribution >= 0.6 is 11.3 Å². The fourth-order valence-electron chi connectivity index (χ4n) is 3.50. The topological polar surface area (TPSA) is 98.5 Å². The smallest absolute Gasteiger partial charge is 0.341 e. The standard InChI is InChI=1S/C20H22N2O5S/c1-12-11-13(9-10-15(12)22(25)26)18(23)21-19-17(20(24)27-2)14-7-5-3-4-6-8-16(14)28-19/h9-11H,3-8H2,1-2H3,(H,21,23). The predicted octanol–water partition coefficient (Wildman–Crippen LogP) is 4.66. The van der Waals surface area contributed by atoms with E-state index in [1.54, 1.807) is 6.92 Å². The zero-order chi connectivity index (χ0) is 20.3. The molecule has 1 aliphatic rings. The number of ether oxygens (including phenoxy) is 1. The van der Waals surface area contributed by atoms with E-state index in [0.717, 1.165) is 49.0 Å². The lowest BCUT2D eigenvalue weighted by Gasteiger charge is -2.11. The zero-order valence-corrected chi connectivity index (χ0v) is 16.7. The predicted molar refractivity (Wildman–Crippen MR) is 107 cm³/mol. The van der Waals surface area contributed by atoms with Gasteiger partial charge in [-0.15, -0.1) is 11.3 Å². The van der Waals surface area contributed by atoms with Crippen LogP contribution in [0.25, 0.3) is 0 Å². The van der Waals surface area contributed by atoms with Crippen LogP contribution in [0.2, 0.25) is 0 Å². The molecule has 0 spiro atoms. The minimum Gasteiger partial charge on any atom is -0.465 e. The highest BCUT2D eigenvalue weighted by Gasteiger charge is 2.26. The molecule has 0 aliphatic heterocycles. The van der Waals surface area contributed by atoms with E-state index in [9.17, 15) is 19.7 Å². The van der Waals surface area contributed by atoms with Crippen molar-refractivity contribution >= 4 is 33.9 Å². The molecule has 1 aromatic carbocycles. The summed E-state index contributed by atoms with van der Waals surface area (Å²) in [5.74, 6) is -0.856. The molecular weight excluding hydrogens is 380 g/mol. The Morgan fingerprint density at radius 1 is 1.18 bits per heavy atom. The van der Waals surface area contributed by atoms with Crippen LogP contribution in [0.15, 0.2) is 18.2 Å². The molecule has 1 aliphatic carbocycles. The summed E-state index contributed by atoms with van der Waals surface area (Å²) < 4.78 is 4.96. The van der Waals surface area contributed by atoms with Gasteiger partial charge in [0.2, 0.25) is 0 Å². The lowest BCUT2D eigenvalue weighted by Crippen LogP contribution is -2.15. The van der Waals surface area contributed by atoms with Crippen molar-refractivity contribution in [3.8, 4) is 0 Å². The highest BCUT2D eigenvalue weighted by Crippen LogP contribution is 2.37. The van der Waals surface area contributed by atoms with Crippen LogP contribution in [0.3, 0.4) is 0 Å². The summed E-state index contributed by atoms with van der Waals surface area (Å²) in [6, 6.07) is 4.22. The van der Waals surface area contributed by atoms with Gasteiger partial charge in [0.1, 0.15) is 5.00 Å². The lowest BCUT2D eigenvalue weighted by atomic mass is 9.96. The molecule has 7 nitrogen and oxygen atoms in total. The Morgan fingerprint density at radius 2 is 1.89 bits per heavy atom. The molecule has 0 fully saturated rings. The number of nitro benzene ring substituents is 1. The fraction of sp³-hybridized carbons (Fsp3) is 0.400. The third-order valence-electron chi connectivity index (χ3n) is 4.94. The van der Waals surface area contributed by atoms with Gasteiger partial charge in [-0.05, 0) is 50.3 Å². The van der Waals surface area contributed by atoms with Crippen molar-refractivity contribution < 1.29 is 19.2 Å². The maximum Gasteiger partial charge on any atom is 0.341 e. The van der Waals surface area contributed by atoms with Gasteiger partial charge in [-0.3, -0.25) is 14.9 Å². The van der Waals surface area contributed by atoms with Gasteiger partial charge in [-0.25, -0.2) is 4.79 Å². The van der Waals surface area contributed by atoms with Crippen molar-refractivity contribution in [3.63, 3.8) is 0 Å². The summed E-state index contributed by atoms with van der Waals surface area (Å²) in [4.78, 5) is 36.8. The van der Waals surface area contributed by atoms with Gasteiger partial charge < -0.3 is 10.1 Å². The minimum atomic E-state index is -0.480. The summed E-state index contributed by atoms with van der Waals surface area (Å²) in [5, 5.41) is 14.3. The second-order valence-electron chi connectivity index (χ2n) is 6.83. The number of carbonyl (C=O) groups is 2. The summed E-state index contributed by atoms with van der Waals surface area (Å²) in [5.41, 5.74) is 2.10. The van der Waals surface area contributed by atoms with Crippen molar-refractivity contribution in [2.45, 2.75) is 45.4 Å². The second-order valence-corrected chi connectivity index (χ2v) is 7.93. The molecule has 2 aromatic rings. The summed E-state index contributed by atoms with van der Waals surface area (Å²) in [7, 11) is 1.33. The van der Waals surface area contributed by atoms with E-state index in [2.05, 4.69) is 5.32 Å². The first kappa shape index (κ1) is 20.0. The third kappa shape index (κ3) is 4.06. The molecule has 28 heavy (non-hydrogen) atoms. The van der Waals surface area contributed by atoms with Crippen LogP contribution in [0.5, 0.6) is 0 Å². The molecule has 0 bridgehead atoms. The second kappa shape index (κ2) is 8.52. The number of aryl methyl sites for hydroxylation is 2. The Bertz CT molecular complexity index is 935. The molecular formula is C20H22N2O5S. The lowest BCUT2D eigenvalue weighted by molar-refractivity contribution is -0.385. The van der Waals surface area contributed by atoms with E-state index < -0.39 is 16.8 Å². The largest absolute Gasteiger partial charge is 0.465 e. The number of benzene rings is 1. The van der Waals surface area contributed by atoms with Crippen molar-refractivity contribution in [1.82, 2.24) is 0 Å². The van der Waals surface area contributed by atoms with Crippen LogP contribution < -0.4 is 5.32 Å². The average Bonchev–Trinajstić information content (AvgIpc) is 2.96. The summed E-state index contributed by atoms with van der Waals surface area (Å²) >= 11 is 1.42. The number of nitro groups is 1. The van der Waals surface area contributed by atoms with Gasteiger partial charge >= 0.3 is 5.97 Å². The van der Waals surface area contributed by atoms with E-state index in [4.69, 9.17) is 4.74 Å². The molecule has 1 amide bonds. The normalized spacial score (nSPS) is 13.8. The summed E-state index contributed by atoms with van der Waals surface area (Å²) in [6.07, 6.45) is 6.03. The first-order valence-electron chi connectivity index (χ1n) is 9.21. The first-order valence-corrected chi connectivity index (χ1v) is 10.0. The van der Waals surface area contributed by atoms with Gasteiger partial charge in [-0.2, -0.15) is 0 Å². The van der Waals surface area contributed by atoms with E-state index in [1.807, 2.05) is 0 Å². The van der Waals surface area contributed by atoms with Gasteiger partial charge in [0.25, 0.3) is 11.6 Å².